The second kappa shape index (κ2) is 6.51. The summed E-state index contributed by atoms with van der Waals surface area (Å²) >= 11 is 8.30. The molecule has 1 aliphatic rings. The zero-order valence-corrected chi connectivity index (χ0v) is 19.0. The van der Waals surface area contributed by atoms with Crippen LogP contribution in [0.1, 0.15) is 49.7 Å². The Hall–Kier alpha value is -1.99. The van der Waals surface area contributed by atoms with Crippen molar-refractivity contribution in [3.8, 4) is 11.5 Å². The number of hydrogen-bond donors (Lipinski definition) is 0. The molecule has 6 nitrogen and oxygen atoms in total. The van der Waals surface area contributed by atoms with E-state index in [4.69, 9.17) is 21.6 Å². The van der Waals surface area contributed by atoms with Crippen molar-refractivity contribution in [3.05, 3.63) is 27.5 Å². The van der Waals surface area contributed by atoms with E-state index in [1.807, 2.05) is 25.3 Å². The van der Waals surface area contributed by atoms with E-state index in [1.165, 1.54) is 23.3 Å². The number of fused-ring (bicyclic) bond motifs is 5. The Morgan fingerprint density at radius 1 is 1.31 bits per heavy atom. The van der Waals surface area contributed by atoms with Gasteiger partial charge in [0.2, 0.25) is 5.82 Å². The van der Waals surface area contributed by atoms with E-state index in [-0.39, 0.29) is 0 Å². The maximum atomic E-state index is 6.47. The number of aryl methyl sites for hydroxylation is 3. The van der Waals surface area contributed by atoms with E-state index < -0.39 is 0 Å². The molecule has 0 N–H and O–H groups in total. The highest BCUT2D eigenvalue weighted by Gasteiger charge is 2.33. The summed E-state index contributed by atoms with van der Waals surface area (Å²) in [5.41, 5.74) is 4.18. The standard InChI is InChI=1S/C21H25ClN6S/c1-6-21(3,4)12-7-8-13-14(9-12)29-20-15(13)19-24-18(26-28(19)10-23-20)17-16(22)11(2)25-27(17)5/h10,12H,6-9H2,1-5H3. The highest BCUT2D eigenvalue weighted by molar-refractivity contribution is 7.19. The van der Waals surface area contributed by atoms with E-state index in [0.717, 1.165) is 40.1 Å². The van der Waals surface area contributed by atoms with Crippen molar-refractivity contribution in [2.75, 3.05) is 0 Å². The highest BCUT2D eigenvalue weighted by atomic mass is 35.5. The van der Waals surface area contributed by atoms with Crippen LogP contribution in [0.5, 0.6) is 0 Å². The van der Waals surface area contributed by atoms with Gasteiger partial charge in [-0.15, -0.1) is 16.4 Å². The average Bonchev–Trinajstić information content (AvgIpc) is 3.34. The van der Waals surface area contributed by atoms with Crippen LogP contribution < -0.4 is 0 Å². The predicted molar refractivity (Wildman–Crippen MR) is 118 cm³/mol. The van der Waals surface area contributed by atoms with Gasteiger partial charge >= 0.3 is 0 Å². The van der Waals surface area contributed by atoms with Gasteiger partial charge in [-0.05, 0) is 43.1 Å². The predicted octanol–water partition coefficient (Wildman–Crippen LogP) is 5.24. The fraction of sp³-hybridized carbons (Fsp3) is 0.524. The van der Waals surface area contributed by atoms with E-state index in [9.17, 15) is 0 Å². The Bertz CT molecular complexity index is 1250. The van der Waals surface area contributed by atoms with Gasteiger partial charge in [0.05, 0.1) is 16.1 Å². The molecule has 152 valence electrons. The average molecular weight is 429 g/mol. The van der Waals surface area contributed by atoms with Gasteiger partial charge < -0.3 is 0 Å². The topological polar surface area (TPSA) is 60.9 Å². The number of aromatic nitrogens is 6. The highest BCUT2D eigenvalue weighted by Crippen LogP contribution is 2.45. The fourth-order valence-corrected chi connectivity index (χ4v) is 6.01. The third kappa shape index (κ3) is 2.81. The van der Waals surface area contributed by atoms with Crippen LogP contribution in [0.25, 0.3) is 27.4 Å². The maximum Gasteiger partial charge on any atom is 0.202 e. The number of hydrogen-bond acceptors (Lipinski definition) is 5. The fourth-order valence-electron chi connectivity index (χ4n) is 4.51. The minimum Gasteiger partial charge on any atom is -0.263 e. The Morgan fingerprint density at radius 2 is 2.10 bits per heavy atom. The number of thiophene rings is 1. The lowest BCUT2D eigenvalue weighted by Crippen LogP contribution is -2.28. The molecule has 1 unspecified atom stereocenters. The van der Waals surface area contributed by atoms with Crippen LogP contribution >= 0.6 is 22.9 Å². The van der Waals surface area contributed by atoms with Crippen molar-refractivity contribution in [3.63, 3.8) is 0 Å². The number of nitrogens with zero attached hydrogens (tertiary/aromatic N) is 6. The molecule has 4 aromatic rings. The van der Waals surface area contributed by atoms with Crippen molar-refractivity contribution >= 4 is 38.8 Å². The molecule has 0 radical (unpaired) electrons. The Labute approximate surface area is 178 Å². The number of rotatable bonds is 3. The first kappa shape index (κ1) is 19.0. The first-order valence-electron chi connectivity index (χ1n) is 10.1. The third-order valence-corrected chi connectivity index (χ3v) is 8.38. The molecule has 0 saturated heterocycles. The van der Waals surface area contributed by atoms with Gasteiger partial charge in [0.1, 0.15) is 16.9 Å². The van der Waals surface area contributed by atoms with Crippen LogP contribution in [0.3, 0.4) is 0 Å². The normalized spacial score (nSPS) is 17.4. The molecule has 0 saturated carbocycles. The number of halogens is 1. The molecule has 0 spiro atoms. The van der Waals surface area contributed by atoms with E-state index >= 15 is 0 Å². The second-order valence-corrected chi connectivity index (χ2v) is 10.2. The van der Waals surface area contributed by atoms with E-state index in [2.05, 4.69) is 31.0 Å². The van der Waals surface area contributed by atoms with Crippen LogP contribution in [0.2, 0.25) is 5.02 Å². The monoisotopic (exact) mass is 428 g/mol. The zero-order chi connectivity index (χ0) is 20.5. The van der Waals surface area contributed by atoms with Crippen molar-refractivity contribution in [1.29, 1.82) is 0 Å². The minimum atomic E-state index is 0.368. The summed E-state index contributed by atoms with van der Waals surface area (Å²) in [4.78, 5) is 12.1. The van der Waals surface area contributed by atoms with Crippen molar-refractivity contribution in [1.82, 2.24) is 29.4 Å². The van der Waals surface area contributed by atoms with E-state index in [0.29, 0.717) is 22.2 Å². The van der Waals surface area contributed by atoms with Crippen LogP contribution in [0.15, 0.2) is 6.33 Å². The summed E-state index contributed by atoms with van der Waals surface area (Å²) < 4.78 is 3.53. The van der Waals surface area contributed by atoms with Crippen LogP contribution in [0.4, 0.5) is 0 Å². The van der Waals surface area contributed by atoms with Crippen molar-refractivity contribution < 1.29 is 0 Å². The lowest BCUT2D eigenvalue weighted by Gasteiger charge is -2.36. The lowest BCUT2D eigenvalue weighted by atomic mass is 9.70. The SMILES string of the molecule is CCC(C)(C)C1CCc2c(sc3ncn4nc(-c5c(Cl)c(C)nn5C)nc4c23)C1. The molecule has 0 fully saturated rings. The van der Waals surface area contributed by atoms with Crippen LogP contribution in [-0.4, -0.2) is 29.4 Å². The smallest absolute Gasteiger partial charge is 0.202 e. The molecule has 1 atom stereocenters. The Balaban J connectivity index is 1.66. The summed E-state index contributed by atoms with van der Waals surface area (Å²) in [6.07, 6.45) is 6.41. The molecular weight excluding hydrogens is 404 g/mol. The molecule has 0 aromatic carbocycles. The quantitative estimate of drug-likeness (QED) is 0.447. The van der Waals surface area contributed by atoms with Gasteiger partial charge in [0.25, 0.3) is 0 Å². The summed E-state index contributed by atoms with van der Waals surface area (Å²) in [6.45, 7) is 8.99. The molecule has 29 heavy (non-hydrogen) atoms. The molecule has 0 aliphatic heterocycles. The van der Waals surface area contributed by atoms with Gasteiger partial charge in [-0.25, -0.2) is 14.5 Å². The molecule has 8 heteroatoms. The van der Waals surface area contributed by atoms with Gasteiger partial charge in [0.15, 0.2) is 5.65 Å². The van der Waals surface area contributed by atoms with Gasteiger partial charge in [0, 0.05) is 11.9 Å². The van der Waals surface area contributed by atoms with Crippen molar-refractivity contribution in [2.24, 2.45) is 18.4 Å². The Morgan fingerprint density at radius 3 is 2.79 bits per heavy atom. The maximum absolute atomic E-state index is 6.47. The van der Waals surface area contributed by atoms with Crippen LogP contribution in [0, 0.1) is 18.3 Å². The molecule has 5 rings (SSSR count). The summed E-state index contributed by atoms with van der Waals surface area (Å²) in [5, 5.41) is 10.8. The van der Waals surface area contributed by atoms with Gasteiger partial charge in [-0.3, -0.25) is 4.68 Å². The molecule has 0 bridgehead atoms. The summed E-state index contributed by atoms with van der Waals surface area (Å²) in [6, 6.07) is 0. The Kier molecular flexibility index (Phi) is 4.26. The third-order valence-electron chi connectivity index (χ3n) is 6.76. The molecule has 4 aromatic heterocycles. The molecular formula is C21H25ClN6S. The minimum absolute atomic E-state index is 0.368. The van der Waals surface area contributed by atoms with E-state index in [1.54, 1.807) is 15.5 Å². The van der Waals surface area contributed by atoms with Gasteiger partial charge in [-0.2, -0.15) is 5.10 Å². The van der Waals surface area contributed by atoms with Crippen molar-refractivity contribution in [2.45, 2.75) is 53.4 Å². The molecule has 1 aliphatic carbocycles. The lowest BCUT2D eigenvalue weighted by molar-refractivity contribution is 0.184. The van der Waals surface area contributed by atoms with Gasteiger partial charge in [-0.1, -0.05) is 38.8 Å². The summed E-state index contributed by atoms with van der Waals surface area (Å²) in [7, 11) is 1.87. The first-order valence-corrected chi connectivity index (χ1v) is 11.3. The second-order valence-electron chi connectivity index (χ2n) is 8.79. The zero-order valence-electron chi connectivity index (χ0n) is 17.5. The first-order chi connectivity index (χ1) is 13.8. The summed E-state index contributed by atoms with van der Waals surface area (Å²) in [5.74, 6) is 1.31. The molecule has 4 heterocycles. The van der Waals surface area contributed by atoms with Crippen LogP contribution in [-0.2, 0) is 19.9 Å². The largest absolute Gasteiger partial charge is 0.263 e. The molecule has 0 amide bonds.